The van der Waals surface area contributed by atoms with E-state index in [4.69, 9.17) is 11.6 Å². The number of hydrogen-bond acceptors (Lipinski definition) is 4. The maximum Gasteiger partial charge on any atom is 0.338 e. The fourth-order valence-electron chi connectivity index (χ4n) is 5.63. The largest absolute Gasteiger partial charge is 0.478 e. The number of rotatable bonds is 4. The molecule has 0 aromatic heterocycles. The number of likely N-dealkylation sites (N-methyl/N-ethyl adjacent to an activating group) is 1. The van der Waals surface area contributed by atoms with E-state index in [2.05, 4.69) is 0 Å². The molecule has 0 bridgehead atoms. The molecule has 10 heteroatoms. The number of anilines is 2. The predicted octanol–water partition coefficient (Wildman–Crippen LogP) is 6.70. The zero-order chi connectivity index (χ0) is 27.2. The van der Waals surface area contributed by atoms with Crippen LogP contribution in [-0.4, -0.2) is 43.4 Å². The van der Waals surface area contributed by atoms with E-state index in [1.54, 1.807) is 24.1 Å². The van der Waals surface area contributed by atoms with E-state index in [1.165, 1.54) is 34.6 Å². The van der Waals surface area contributed by atoms with Crippen molar-refractivity contribution in [3.63, 3.8) is 0 Å². The standard InChI is InChI=1S/C28H27ClF2N2O4S/c1-32-26(17-6-3-2-4-7-17)16-33(20-9-5-8-19(30)13-20)25-15-23(29)21(14-27(25)38(32,36)37)18-10-11-24(31)22(12-18)28(34)35/h5,8-15,17,26H,2-4,6-7,16H2,1H3,(H,34,35)/t26-/m0/s1. The Kier molecular flexibility index (Phi) is 7.19. The van der Waals surface area contributed by atoms with Crippen molar-refractivity contribution in [2.75, 3.05) is 18.5 Å². The average molecular weight is 561 g/mol. The van der Waals surface area contributed by atoms with Gasteiger partial charge in [-0.3, -0.25) is 0 Å². The number of carboxylic acid groups (broad SMARTS) is 1. The van der Waals surface area contributed by atoms with Gasteiger partial charge in [0.2, 0.25) is 10.0 Å². The molecule has 3 aromatic carbocycles. The number of aromatic carboxylic acids is 1. The van der Waals surface area contributed by atoms with Crippen molar-refractivity contribution >= 4 is 39.0 Å². The Morgan fingerprint density at radius 3 is 2.45 bits per heavy atom. The van der Waals surface area contributed by atoms with Gasteiger partial charge in [0.05, 0.1) is 16.3 Å². The third-order valence-electron chi connectivity index (χ3n) is 7.65. The Bertz CT molecular complexity index is 1510. The molecule has 5 rings (SSSR count). The lowest BCUT2D eigenvalue weighted by atomic mass is 9.83. The summed E-state index contributed by atoms with van der Waals surface area (Å²) in [7, 11) is -2.47. The van der Waals surface area contributed by atoms with Crippen molar-refractivity contribution in [3.8, 4) is 11.1 Å². The minimum Gasteiger partial charge on any atom is -0.478 e. The van der Waals surface area contributed by atoms with Gasteiger partial charge in [-0.2, -0.15) is 4.31 Å². The van der Waals surface area contributed by atoms with Crippen LogP contribution >= 0.6 is 11.6 Å². The highest BCUT2D eigenvalue weighted by Gasteiger charge is 2.41. The summed E-state index contributed by atoms with van der Waals surface area (Å²) in [6, 6.07) is 12.0. The Morgan fingerprint density at radius 1 is 1.03 bits per heavy atom. The lowest BCUT2D eigenvalue weighted by Crippen LogP contribution is -2.46. The quantitative estimate of drug-likeness (QED) is 0.384. The molecule has 0 unspecified atom stereocenters. The van der Waals surface area contributed by atoms with Crippen LogP contribution in [0.5, 0.6) is 0 Å². The number of hydrogen-bond donors (Lipinski definition) is 1. The number of nitrogens with zero attached hydrogens (tertiary/aromatic N) is 2. The Hall–Kier alpha value is -3.01. The lowest BCUT2D eigenvalue weighted by Gasteiger charge is -2.36. The second kappa shape index (κ2) is 10.3. The van der Waals surface area contributed by atoms with Crippen LogP contribution in [0.3, 0.4) is 0 Å². The highest BCUT2D eigenvalue weighted by molar-refractivity contribution is 7.89. The Morgan fingerprint density at radius 2 is 1.76 bits per heavy atom. The highest BCUT2D eigenvalue weighted by Crippen LogP contribution is 2.44. The van der Waals surface area contributed by atoms with Crippen molar-refractivity contribution in [2.45, 2.75) is 43.0 Å². The van der Waals surface area contributed by atoms with Gasteiger partial charge >= 0.3 is 5.97 Å². The van der Waals surface area contributed by atoms with Gasteiger partial charge in [0, 0.05) is 30.9 Å². The topological polar surface area (TPSA) is 77.9 Å². The van der Waals surface area contributed by atoms with Gasteiger partial charge in [0.25, 0.3) is 0 Å². The van der Waals surface area contributed by atoms with Crippen molar-refractivity contribution in [1.29, 1.82) is 0 Å². The molecule has 0 saturated heterocycles. The first-order valence-corrected chi connectivity index (χ1v) is 14.3. The maximum absolute atomic E-state index is 14.3. The molecular weight excluding hydrogens is 534 g/mol. The number of sulfonamides is 1. The Labute approximate surface area is 225 Å². The molecule has 1 fully saturated rings. The second-order valence-corrected chi connectivity index (χ2v) is 12.2. The monoisotopic (exact) mass is 560 g/mol. The molecule has 2 aliphatic rings. The summed E-state index contributed by atoms with van der Waals surface area (Å²) in [5.41, 5.74) is 0.763. The predicted molar refractivity (Wildman–Crippen MR) is 143 cm³/mol. The van der Waals surface area contributed by atoms with Crippen molar-refractivity contribution in [2.24, 2.45) is 5.92 Å². The lowest BCUT2D eigenvalue weighted by molar-refractivity contribution is 0.0692. The Balaban J connectivity index is 1.72. The minimum absolute atomic E-state index is 0.0387. The van der Waals surface area contributed by atoms with E-state index in [0.717, 1.165) is 44.2 Å². The number of fused-ring (bicyclic) bond motifs is 1. The SMILES string of the molecule is CN1[C@H](C2CCCCC2)CN(c2cccc(F)c2)c2cc(Cl)c(-c3ccc(F)c(C(=O)O)c3)cc2S1(=O)=O. The van der Waals surface area contributed by atoms with E-state index in [1.807, 2.05) is 0 Å². The summed E-state index contributed by atoms with van der Waals surface area (Å²) >= 11 is 6.67. The van der Waals surface area contributed by atoms with Gasteiger partial charge in [0.1, 0.15) is 16.5 Å². The number of benzene rings is 3. The highest BCUT2D eigenvalue weighted by atomic mass is 35.5. The average Bonchev–Trinajstić information content (AvgIpc) is 2.97. The second-order valence-electron chi connectivity index (χ2n) is 9.88. The van der Waals surface area contributed by atoms with E-state index < -0.39 is 33.2 Å². The van der Waals surface area contributed by atoms with Crippen molar-refractivity contribution in [3.05, 3.63) is 76.8 Å². The molecule has 6 nitrogen and oxygen atoms in total. The minimum atomic E-state index is -4.04. The molecule has 200 valence electrons. The molecule has 1 aliphatic carbocycles. The molecule has 1 heterocycles. The van der Waals surface area contributed by atoms with Crippen LogP contribution in [0.25, 0.3) is 11.1 Å². The van der Waals surface area contributed by atoms with Gasteiger partial charge < -0.3 is 10.0 Å². The van der Waals surface area contributed by atoms with Gasteiger partial charge in [-0.05, 0) is 66.8 Å². The third kappa shape index (κ3) is 4.79. The molecule has 0 amide bonds. The maximum atomic E-state index is 14.3. The summed E-state index contributed by atoms with van der Waals surface area (Å²) in [5.74, 6) is -2.67. The summed E-state index contributed by atoms with van der Waals surface area (Å²) < 4.78 is 58.0. The molecule has 0 radical (unpaired) electrons. The van der Waals surface area contributed by atoms with E-state index in [9.17, 15) is 27.1 Å². The van der Waals surface area contributed by atoms with Crippen molar-refractivity contribution < 1.29 is 27.1 Å². The summed E-state index contributed by atoms with van der Waals surface area (Å²) in [6.45, 7) is 0.312. The summed E-state index contributed by atoms with van der Waals surface area (Å²) in [6.07, 6.45) is 4.96. The van der Waals surface area contributed by atoms with Crippen LogP contribution in [0.15, 0.2) is 59.5 Å². The first-order valence-electron chi connectivity index (χ1n) is 12.5. The van der Waals surface area contributed by atoms with Gasteiger partial charge in [0.15, 0.2) is 0 Å². The van der Waals surface area contributed by atoms with Gasteiger partial charge in [-0.1, -0.05) is 43.0 Å². The van der Waals surface area contributed by atoms with E-state index >= 15 is 0 Å². The molecule has 1 N–H and O–H groups in total. The third-order valence-corrected chi connectivity index (χ3v) is 9.88. The van der Waals surface area contributed by atoms with Crippen LogP contribution in [0, 0.1) is 17.6 Å². The van der Waals surface area contributed by atoms with Crippen molar-refractivity contribution in [1.82, 2.24) is 4.31 Å². The zero-order valence-corrected chi connectivity index (χ0v) is 22.3. The summed E-state index contributed by atoms with van der Waals surface area (Å²) in [4.78, 5) is 13.3. The van der Waals surface area contributed by atoms with Gasteiger partial charge in [-0.25, -0.2) is 22.0 Å². The van der Waals surface area contributed by atoms with E-state index in [0.29, 0.717) is 17.9 Å². The van der Waals surface area contributed by atoms with Crippen LogP contribution in [0.4, 0.5) is 20.2 Å². The normalized spacial score (nSPS) is 20.1. The fraction of sp³-hybridized carbons (Fsp3) is 0.321. The van der Waals surface area contributed by atoms with Crippen LogP contribution in [0.2, 0.25) is 5.02 Å². The van der Waals surface area contributed by atoms with Crippen LogP contribution in [0.1, 0.15) is 42.5 Å². The van der Waals surface area contributed by atoms with Crippen LogP contribution < -0.4 is 4.90 Å². The number of carbonyl (C=O) groups is 1. The molecule has 1 atom stereocenters. The zero-order valence-electron chi connectivity index (χ0n) is 20.7. The molecule has 38 heavy (non-hydrogen) atoms. The molecule has 3 aromatic rings. The first kappa shape index (κ1) is 26.6. The van der Waals surface area contributed by atoms with Crippen LogP contribution in [-0.2, 0) is 10.0 Å². The number of carboxylic acids is 1. The van der Waals surface area contributed by atoms with Gasteiger partial charge in [-0.15, -0.1) is 0 Å². The molecular formula is C28H27ClF2N2O4S. The number of halogens is 3. The molecule has 0 spiro atoms. The van der Waals surface area contributed by atoms with E-state index in [-0.39, 0.29) is 33.0 Å². The fourth-order valence-corrected chi connectivity index (χ4v) is 7.50. The summed E-state index contributed by atoms with van der Waals surface area (Å²) in [5, 5.41) is 9.53. The molecule has 1 aliphatic heterocycles. The molecule has 1 saturated carbocycles. The first-order chi connectivity index (χ1) is 18.1. The smallest absolute Gasteiger partial charge is 0.338 e.